The van der Waals surface area contributed by atoms with Crippen molar-refractivity contribution in [2.75, 3.05) is 5.32 Å². The minimum Gasteiger partial charge on any atom is -0.381 e. The maximum atomic E-state index is 3.53. The second-order valence-corrected chi connectivity index (χ2v) is 5.29. The summed E-state index contributed by atoms with van der Waals surface area (Å²) in [6, 6.07) is 21.4. The molecule has 20 heavy (non-hydrogen) atoms. The van der Waals surface area contributed by atoms with Crippen LogP contribution in [0.3, 0.4) is 0 Å². The maximum Gasteiger partial charge on any atom is 0.0406 e. The van der Waals surface area contributed by atoms with Gasteiger partial charge in [-0.15, -0.1) is 0 Å². The van der Waals surface area contributed by atoms with Crippen LogP contribution in [0.15, 0.2) is 60.7 Å². The molecule has 1 N–H and O–H groups in total. The molecule has 0 aliphatic heterocycles. The van der Waals surface area contributed by atoms with Gasteiger partial charge in [0.25, 0.3) is 0 Å². The molecule has 0 heterocycles. The lowest BCUT2D eigenvalue weighted by Crippen LogP contribution is -2.03. The fourth-order valence-corrected chi connectivity index (χ4v) is 2.62. The van der Waals surface area contributed by atoms with Crippen LogP contribution in [0.4, 0.5) is 5.69 Å². The SMILES string of the molecule is Cc1cccc(C)c1CNc1ccc2ccccc2c1. The summed E-state index contributed by atoms with van der Waals surface area (Å²) in [6.45, 7) is 5.21. The van der Waals surface area contributed by atoms with Gasteiger partial charge in [-0.3, -0.25) is 0 Å². The van der Waals surface area contributed by atoms with Gasteiger partial charge in [0.1, 0.15) is 0 Å². The fraction of sp³-hybridized carbons (Fsp3) is 0.158. The van der Waals surface area contributed by atoms with E-state index in [0.29, 0.717) is 0 Å². The van der Waals surface area contributed by atoms with Crippen molar-refractivity contribution in [2.24, 2.45) is 0 Å². The molecule has 0 saturated carbocycles. The lowest BCUT2D eigenvalue weighted by Gasteiger charge is -2.12. The van der Waals surface area contributed by atoms with Crippen molar-refractivity contribution in [1.29, 1.82) is 0 Å². The Labute approximate surface area is 120 Å². The summed E-state index contributed by atoms with van der Waals surface area (Å²) in [5.41, 5.74) is 5.25. The molecule has 0 unspecified atom stereocenters. The van der Waals surface area contributed by atoms with Crippen LogP contribution in [-0.2, 0) is 6.54 Å². The molecule has 0 amide bonds. The lowest BCUT2D eigenvalue weighted by molar-refractivity contribution is 1.09. The fourth-order valence-electron chi connectivity index (χ4n) is 2.62. The van der Waals surface area contributed by atoms with Gasteiger partial charge in [-0.1, -0.05) is 48.5 Å². The Morgan fingerprint density at radius 3 is 2.20 bits per heavy atom. The van der Waals surface area contributed by atoms with Gasteiger partial charge in [-0.25, -0.2) is 0 Å². The van der Waals surface area contributed by atoms with Gasteiger partial charge >= 0.3 is 0 Å². The molecule has 1 heteroatoms. The topological polar surface area (TPSA) is 12.0 Å². The molecule has 3 aromatic carbocycles. The third-order valence-electron chi connectivity index (χ3n) is 3.86. The van der Waals surface area contributed by atoms with Crippen molar-refractivity contribution in [3.63, 3.8) is 0 Å². The molecule has 3 aromatic rings. The third-order valence-corrected chi connectivity index (χ3v) is 3.86. The molecule has 0 aliphatic carbocycles. The molecule has 0 aromatic heterocycles. The second-order valence-electron chi connectivity index (χ2n) is 5.29. The van der Waals surface area contributed by atoms with Crippen LogP contribution < -0.4 is 5.32 Å². The van der Waals surface area contributed by atoms with Gasteiger partial charge in [0.05, 0.1) is 0 Å². The molecule has 0 fully saturated rings. The molecule has 1 nitrogen and oxygen atoms in total. The molecule has 0 radical (unpaired) electrons. The predicted molar refractivity (Wildman–Crippen MR) is 87.2 cm³/mol. The number of benzene rings is 3. The van der Waals surface area contributed by atoms with Crippen molar-refractivity contribution in [3.8, 4) is 0 Å². The zero-order chi connectivity index (χ0) is 13.9. The van der Waals surface area contributed by atoms with E-state index < -0.39 is 0 Å². The van der Waals surface area contributed by atoms with Crippen molar-refractivity contribution in [2.45, 2.75) is 20.4 Å². The van der Waals surface area contributed by atoms with E-state index in [1.54, 1.807) is 0 Å². The highest BCUT2D eigenvalue weighted by Crippen LogP contribution is 2.20. The molecular formula is C19H19N. The number of hydrogen-bond acceptors (Lipinski definition) is 1. The van der Waals surface area contributed by atoms with Crippen LogP contribution in [0.5, 0.6) is 0 Å². The average molecular weight is 261 g/mol. The van der Waals surface area contributed by atoms with Gasteiger partial charge in [-0.2, -0.15) is 0 Å². The maximum absolute atomic E-state index is 3.53. The molecular weight excluding hydrogens is 242 g/mol. The zero-order valence-electron chi connectivity index (χ0n) is 12.0. The number of rotatable bonds is 3. The molecule has 3 rings (SSSR count). The van der Waals surface area contributed by atoms with E-state index in [-0.39, 0.29) is 0 Å². The summed E-state index contributed by atoms with van der Waals surface area (Å²) in [5, 5.41) is 6.09. The monoisotopic (exact) mass is 261 g/mol. The Hall–Kier alpha value is -2.28. The van der Waals surface area contributed by atoms with E-state index in [1.807, 2.05) is 0 Å². The van der Waals surface area contributed by atoms with Gasteiger partial charge in [0.2, 0.25) is 0 Å². The first-order valence-electron chi connectivity index (χ1n) is 7.02. The van der Waals surface area contributed by atoms with Crippen LogP contribution in [-0.4, -0.2) is 0 Å². The van der Waals surface area contributed by atoms with E-state index in [4.69, 9.17) is 0 Å². The Balaban J connectivity index is 1.83. The first-order valence-corrected chi connectivity index (χ1v) is 7.02. The molecule has 0 bridgehead atoms. The summed E-state index contributed by atoms with van der Waals surface area (Å²) < 4.78 is 0. The Bertz CT molecular complexity index is 723. The van der Waals surface area contributed by atoms with Crippen molar-refractivity contribution >= 4 is 16.5 Å². The number of aryl methyl sites for hydroxylation is 2. The highest BCUT2D eigenvalue weighted by molar-refractivity contribution is 5.85. The Morgan fingerprint density at radius 2 is 1.45 bits per heavy atom. The number of nitrogens with one attached hydrogen (secondary N) is 1. The van der Waals surface area contributed by atoms with Gasteiger partial charge in [-0.05, 0) is 53.4 Å². The normalized spacial score (nSPS) is 10.7. The van der Waals surface area contributed by atoms with Crippen LogP contribution in [0.1, 0.15) is 16.7 Å². The summed E-state index contributed by atoms with van der Waals surface area (Å²) in [7, 11) is 0. The van der Waals surface area contributed by atoms with Crippen molar-refractivity contribution in [1.82, 2.24) is 0 Å². The number of fused-ring (bicyclic) bond motifs is 1. The summed E-state index contributed by atoms with van der Waals surface area (Å²) in [4.78, 5) is 0. The van der Waals surface area contributed by atoms with E-state index in [0.717, 1.165) is 6.54 Å². The van der Waals surface area contributed by atoms with Gasteiger partial charge < -0.3 is 5.32 Å². The Kier molecular flexibility index (Phi) is 3.42. The van der Waals surface area contributed by atoms with E-state index in [9.17, 15) is 0 Å². The minimum atomic E-state index is 0.872. The summed E-state index contributed by atoms with van der Waals surface area (Å²) in [5.74, 6) is 0. The zero-order valence-corrected chi connectivity index (χ0v) is 12.0. The molecule has 0 saturated heterocycles. The highest BCUT2D eigenvalue weighted by Gasteiger charge is 2.02. The van der Waals surface area contributed by atoms with Crippen LogP contribution >= 0.6 is 0 Å². The van der Waals surface area contributed by atoms with Gasteiger partial charge in [0.15, 0.2) is 0 Å². The standard InChI is InChI=1S/C19H19N/c1-14-6-5-7-15(2)19(14)13-20-18-11-10-16-8-3-4-9-17(16)12-18/h3-12,20H,13H2,1-2H3. The van der Waals surface area contributed by atoms with E-state index >= 15 is 0 Å². The third kappa shape index (κ3) is 2.53. The smallest absolute Gasteiger partial charge is 0.0406 e. The Morgan fingerprint density at radius 1 is 0.750 bits per heavy atom. The predicted octanol–water partition coefficient (Wildman–Crippen LogP) is 5.07. The lowest BCUT2D eigenvalue weighted by atomic mass is 10.0. The van der Waals surface area contributed by atoms with Crippen LogP contribution in [0.25, 0.3) is 10.8 Å². The first-order chi connectivity index (χ1) is 9.74. The van der Waals surface area contributed by atoms with Crippen molar-refractivity contribution < 1.29 is 0 Å². The largest absolute Gasteiger partial charge is 0.381 e. The van der Waals surface area contributed by atoms with Crippen LogP contribution in [0.2, 0.25) is 0 Å². The van der Waals surface area contributed by atoms with Gasteiger partial charge in [0, 0.05) is 12.2 Å². The average Bonchev–Trinajstić information content (AvgIpc) is 2.46. The highest BCUT2D eigenvalue weighted by atomic mass is 14.9. The summed E-state index contributed by atoms with van der Waals surface area (Å²) in [6.07, 6.45) is 0. The molecule has 0 spiro atoms. The quantitative estimate of drug-likeness (QED) is 0.694. The van der Waals surface area contributed by atoms with Crippen molar-refractivity contribution in [3.05, 3.63) is 77.4 Å². The summed E-state index contributed by atoms with van der Waals surface area (Å²) >= 11 is 0. The minimum absolute atomic E-state index is 0.872. The molecule has 100 valence electrons. The second kappa shape index (κ2) is 5.38. The van der Waals surface area contributed by atoms with Crippen LogP contribution in [0, 0.1) is 13.8 Å². The molecule has 0 aliphatic rings. The van der Waals surface area contributed by atoms with E-state index in [2.05, 4.69) is 79.8 Å². The van der Waals surface area contributed by atoms with E-state index in [1.165, 1.54) is 33.2 Å². The molecule has 0 atom stereocenters. The first kappa shape index (κ1) is 12.7. The number of anilines is 1. The number of hydrogen-bond donors (Lipinski definition) is 1.